The summed E-state index contributed by atoms with van der Waals surface area (Å²) < 4.78 is 4.83. The van der Waals surface area contributed by atoms with Gasteiger partial charge in [0.25, 0.3) is 0 Å². The molecule has 0 rings (SSSR count). The van der Waals surface area contributed by atoms with Gasteiger partial charge in [0.2, 0.25) is 11.8 Å². The zero-order valence-electron chi connectivity index (χ0n) is 11.3. The molecule has 0 spiro atoms. The summed E-state index contributed by atoms with van der Waals surface area (Å²) in [4.78, 5) is 19.8. The van der Waals surface area contributed by atoms with Gasteiger partial charge in [-0.05, 0) is 13.8 Å². The van der Waals surface area contributed by atoms with Crippen LogP contribution in [0.5, 0.6) is 0 Å². The van der Waals surface area contributed by atoms with Crippen molar-refractivity contribution in [2.75, 3.05) is 39.9 Å². The summed E-state index contributed by atoms with van der Waals surface area (Å²) >= 11 is 0. The highest BCUT2D eigenvalue weighted by Crippen LogP contribution is 1.64. The second-order valence-corrected chi connectivity index (χ2v) is 2.61. The molecule has 0 aliphatic carbocycles. The van der Waals surface area contributed by atoms with Crippen LogP contribution in [0.2, 0.25) is 0 Å². The molecule has 6 N–H and O–H groups in total. The molecular formula is C10H24N2O7. The average Bonchev–Trinajstić information content (AvgIpc) is 2.41. The molecule has 9 heteroatoms. The summed E-state index contributed by atoms with van der Waals surface area (Å²) in [6.45, 7) is 3.69. The van der Waals surface area contributed by atoms with E-state index in [0.29, 0.717) is 0 Å². The standard InChI is InChI=1S/C4H10O.2C3H7NO3/c1-3-5-4-2;2*5-1-3(7)4-2-6/h3-4H2,1-2H3;2*5-6H,1-2H2,(H,4,7). The molecule has 0 unspecified atom stereocenters. The first kappa shape index (κ1) is 22.9. The Morgan fingerprint density at radius 3 is 1.21 bits per heavy atom. The number of ether oxygens (including phenoxy) is 1. The second kappa shape index (κ2) is 22.0. The molecule has 2 amide bonds. The van der Waals surface area contributed by atoms with Crippen molar-refractivity contribution in [2.45, 2.75) is 13.8 Å². The molecule has 0 atom stereocenters. The minimum absolute atomic E-state index is 0.417. The van der Waals surface area contributed by atoms with Gasteiger partial charge in [-0.15, -0.1) is 0 Å². The van der Waals surface area contributed by atoms with E-state index in [4.69, 9.17) is 25.2 Å². The smallest absolute Gasteiger partial charge is 0.247 e. The van der Waals surface area contributed by atoms with Crippen LogP contribution >= 0.6 is 0 Å². The SMILES string of the molecule is CCOCC.O=C(CO)NCO.O=C(CO)NCO. The van der Waals surface area contributed by atoms with Crippen LogP contribution in [0, 0.1) is 0 Å². The average molecular weight is 284 g/mol. The topological polar surface area (TPSA) is 148 Å². The van der Waals surface area contributed by atoms with Crippen molar-refractivity contribution in [3.63, 3.8) is 0 Å². The third-order valence-corrected chi connectivity index (χ3v) is 1.25. The Morgan fingerprint density at radius 2 is 1.16 bits per heavy atom. The lowest BCUT2D eigenvalue weighted by molar-refractivity contribution is -0.125. The third-order valence-electron chi connectivity index (χ3n) is 1.25. The van der Waals surface area contributed by atoms with Gasteiger partial charge >= 0.3 is 0 Å². The molecule has 0 radical (unpaired) electrons. The second-order valence-electron chi connectivity index (χ2n) is 2.61. The van der Waals surface area contributed by atoms with Gasteiger partial charge in [-0.25, -0.2) is 0 Å². The van der Waals surface area contributed by atoms with Gasteiger partial charge in [0, 0.05) is 13.2 Å². The molecule has 0 aliphatic rings. The normalized spacial score (nSPS) is 8.32. The van der Waals surface area contributed by atoms with Crippen LogP contribution in [-0.2, 0) is 14.3 Å². The summed E-state index contributed by atoms with van der Waals surface area (Å²) in [7, 11) is 0. The first-order chi connectivity index (χ1) is 9.03. The number of carbonyl (C=O) groups excluding carboxylic acids is 2. The van der Waals surface area contributed by atoms with E-state index in [1.165, 1.54) is 0 Å². The van der Waals surface area contributed by atoms with Gasteiger partial charge in [-0.2, -0.15) is 0 Å². The summed E-state index contributed by atoms with van der Waals surface area (Å²) in [5.41, 5.74) is 0. The zero-order valence-corrected chi connectivity index (χ0v) is 11.3. The zero-order chi connectivity index (χ0) is 15.5. The quantitative estimate of drug-likeness (QED) is 0.287. The largest absolute Gasteiger partial charge is 0.387 e. The minimum Gasteiger partial charge on any atom is -0.387 e. The summed E-state index contributed by atoms with van der Waals surface area (Å²) in [5, 5.41) is 35.7. The molecule has 0 aliphatic heterocycles. The number of carbonyl (C=O) groups is 2. The van der Waals surface area contributed by atoms with E-state index < -0.39 is 38.5 Å². The Bertz CT molecular complexity index is 182. The van der Waals surface area contributed by atoms with Crippen molar-refractivity contribution in [3.05, 3.63) is 0 Å². The lowest BCUT2D eigenvalue weighted by atomic mass is 10.7. The fraction of sp³-hybridized carbons (Fsp3) is 0.800. The highest BCUT2D eigenvalue weighted by Gasteiger charge is 1.91. The Balaban J connectivity index is -0.000000206. The van der Waals surface area contributed by atoms with E-state index in [0.717, 1.165) is 13.2 Å². The van der Waals surface area contributed by atoms with Crippen LogP contribution in [0.25, 0.3) is 0 Å². The van der Waals surface area contributed by atoms with E-state index >= 15 is 0 Å². The number of rotatable bonds is 6. The Hall–Kier alpha value is -1.26. The molecule has 0 saturated heterocycles. The van der Waals surface area contributed by atoms with E-state index in [2.05, 4.69) is 0 Å². The lowest BCUT2D eigenvalue weighted by Crippen LogP contribution is -2.26. The maximum atomic E-state index is 9.89. The van der Waals surface area contributed by atoms with E-state index in [-0.39, 0.29) is 0 Å². The summed E-state index contributed by atoms with van der Waals surface area (Å²) in [6, 6.07) is 0. The molecule has 19 heavy (non-hydrogen) atoms. The fourth-order valence-corrected chi connectivity index (χ4v) is 0.492. The van der Waals surface area contributed by atoms with Gasteiger partial charge in [0.1, 0.15) is 26.7 Å². The van der Waals surface area contributed by atoms with Crippen LogP contribution < -0.4 is 10.6 Å². The van der Waals surface area contributed by atoms with E-state index in [1.54, 1.807) is 0 Å². The molecule has 0 heterocycles. The minimum atomic E-state index is -0.569. The number of aliphatic hydroxyl groups is 4. The maximum Gasteiger partial charge on any atom is 0.247 e. The maximum absolute atomic E-state index is 9.89. The Morgan fingerprint density at radius 1 is 0.842 bits per heavy atom. The first-order valence-corrected chi connectivity index (χ1v) is 5.58. The van der Waals surface area contributed by atoms with Crippen molar-refractivity contribution in [3.8, 4) is 0 Å². The van der Waals surface area contributed by atoms with Gasteiger partial charge in [-0.1, -0.05) is 0 Å². The van der Waals surface area contributed by atoms with Crippen LogP contribution in [0.1, 0.15) is 13.8 Å². The van der Waals surface area contributed by atoms with Crippen molar-refractivity contribution >= 4 is 11.8 Å². The van der Waals surface area contributed by atoms with E-state index in [9.17, 15) is 9.59 Å². The number of aliphatic hydroxyl groups excluding tert-OH is 4. The first-order valence-electron chi connectivity index (χ1n) is 5.58. The van der Waals surface area contributed by atoms with Crippen molar-refractivity contribution in [1.29, 1.82) is 0 Å². The van der Waals surface area contributed by atoms with E-state index in [1.807, 2.05) is 24.5 Å². The molecule has 0 aromatic heterocycles. The number of hydrogen-bond donors (Lipinski definition) is 6. The molecular weight excluding hydrogens is 260 g/mol. The highest BCUT2D eigenvalue weighted by atomic mass is 16.5. The lowest BCUT2D eigenvalue weighted by Gasteiger charge is -1.92. The van der Waals surface area contributed by atoms with Crippen LogP contribution in [0.4, 0.5) is 0 Å². The van der Waals surface area contributed by atoms with Crippen molar-refractivity contribution < 1.29 is 34.8 Å². The predicted molar refractivity (Wildman–Crippen MR) is 66.8 cm³/mol. The fourth-order valence-electron chi connectivity index (χ4n) is 0.492. The van der Waals surface area contributed by atoms with Crippen LogP contribution in [0.3, 0.4) is 0 Å². The monoisotopic (exact) mass is 284 g/mol. The van der Waals surface area contributed by atoms with Crippen molar-refractivity contribution in [2.24, 2.45) is 0 Å². The molecule has 0 aromatic carbocycles. The Kier molecular flexibility index (Phi) is 26.5. The molecule has 0 fully saturated rings. The molecule has 9 nitrogen and oxygen atoms in total. The highest BCUT2D eigenvalue weighted by molar-refractivity contribution is 5.76. The van der Waals surface area contributed by atoms with Gasteiger partial charge in [0.05, 0.1) is 0 Å². The van der Waals surface area contributed by atoms with Crippen molar-refractivity contribution in [1.82, 2.24) is 10.6 Å². The molecule has 116 valence electrons. The van der Waals surface area contributed by atoms with Gasteiger partial charge in [-0.3, -0.25) is 9.59 Å². The molecule has 0 aromatic rings. The summed E-state index contributed by atoms with van der Waals surface area (Å²) in [5.74, 6) is -1.13. The summed E-state index contributed by atoms with van der Waals surface area (Å²) in [6.07, 6.45) is 0. The van der Waals surface area contributed by atoms with Crippen LogP contribution in [0.15, 0.2) is 0 Å². The molecule has 0 bridgehead atoms. The van der Waals surface area contributed by atoms with Gasteiger partial charge in [0.15, 0.2) is 0 Å². The Labute approximate surface area is 112 Å². The number of nitrogens with one attached hydrogen (secondary N) is 2. The number of amides is 2. The molecule has 0 saturated carbocycles. The van der Waals surface area contributed by atoms with Gasteiger partial charge < -0.3 is 35.8 Å². The van der Waals surface area contributed by atoms with Crippen LogP contribution in [-0.4, -0.2) is 72.1 Å². The third kappa shape index (κ3) is 31.5. The predicted octanol–water partition coefficient (Wildman–Crippen LogP) is -2.87. The number of hydrogen-bond acceptors (Lipinski definition) is 7.